The molecule has 0 unspecified atom stereocenters. The summed E-state index contributed by atoms with van der Waals surface area (Å²) in [6, 6.07) is 8.11. The molecule has 1 aliphatic carbocycles. The number of para-hydroxylation sites is 1. The van der Waals surface area contributed by atoms with Gasteiger partial charge in [0, 0.05) is 23.9 Å². The van der Waals surface area contributed by atoms with E-state index in [0.29, 0.717) is 18.4 Å². The molecule has 1 aromatic carbocycles. The zero-order chi connectivity index (χ0) is 18.2. The summed E-state index contributed by atoms with van der Waals surface area (Å²) in [5.74, 6) is 1.78. The van der Waals surface area contributed by atoms with Crippen LogP contribution >= 0.6 is 0 Å². The highest BCUT2D eigenvalue weighted by Gasteiger charge is 2.22. The van der Waals surface area contributed by atoms with Crippen LogP contribution in [0.1, 0.15) is 38.7 Å². The van der Waals surface area contributed by atoms with Gasteiger partial charge in [0.1, 0.15) is 12.4 Å². The average Bonchev–Trinajstić information content (AvgIpc) is 2.57. The molecule has 2 rings (SSSR count). The molecule has 0 aromatic heterocycles. The molecule has 0 aliphatic heterocycles. The molecule has 1 aliphatic rings. The summed E-state index contributed by atoms with van der Waals surface area (Å²) in [5, 5.41) is 4.53. The fourth-order valence-corrected chi connectivity index (χ4v) is 3.36. The molecule has 0 amide bonds. The Labute approximate surface area is 152 Å². The fourth-order valence-electron chi connectivity index (χ4n) is 3.36. The maximum atomic E-state index is 5.72. The van der Waals surface area contributed by atoms with Crippen molar-refractivity contribution in [2.24, 2.45) is 17.0 Å². The summed E-state index contributed by atoms with van der Waals surface area (Å²) in [7, 11) is 5.88. The first kappa shape index (κ1) is 19.5. The number of nitrogens with zero attached hydrogens (tertiary/aromatic N) is 2. The van der Waals surface area contributed by atoms with Gasteiger partial charge in [-0.05, 0) is 51.1 Å². The number of rotatable bonds is 7. The summed E-state index contributed by atoms with van der Waals surface area (Å²) in [6.45, 7) is 6.08. The van der Waals surface area contributed by atoms with Crippen molar-refractivity contribution in [1.82, 2.24) is 4.90 Å². The maximum Gasteiger partial charge on any atom is 0.126 e. The van der Waals surface area contributed by atoms with Crippen molar-refractivity contribution < 1.29 is 9.57 Å². The third-order valence-electron chi connectivity index (χ3n) is 4.55. The van der Waals surface area contributed by atoms with Gasteiger partial charge < -0.3 is 14.5 Å². The standard InChI is InChI=1S/C21H32N2O2/c1-16(14-23(3)4)15-25-22-21-17(2)9-8-11-19(21)13-18-10-6-7-12-20(18)24-5/h6-7,10,12-13,16-17H,8-9,11,14-15H2,1-5H3/b19-13+,22-21+/t16-,17+/m0/s1. The van der Waals surface area contributed by atoms with Crippen LogP contribution in [0.4, 0.5) is 0 Å². The van der Waals surface area contributed by atoms with E-state index in [2.05, 4.69) is 50.1 Å². The van der Waals surface area contributed by atoms with E-state index in [1.165, 1.54) is 18.4 Å². The number of allylic oxidation sites excluding steroid dienone is 1. The molecule has 25 heavy (non-hydrogen) atoms. The Morgan fingerprint density at radius 1 is 1.32 bits per heavy atom. The van der Waals surface area contributed by atoms with Crippen molar-refractivity contribution in [3.05, 3.63) is 35.4 Å². The van der Waals surface area contributed by atoms with Crippen LogP contribution in [-0.2, 0) is 4.84 Å². The van der Waals surface area contributed by atoms with Crippen molar-refractivity contribution in [1.29, 1.82) is 0 Å². The van der Waals surface area contributed by atoms with Gasteiger partial charge in [0.05, 0.1) is 12.8 Å². The van der Waals surface area contributed by atoms with E-state index < -0.39 is 0 Å². The van der Waals surface area contributed by atoms with Gasteiger partial charge in [-0.2, -0.15) is 0 Å². The van der Waals surface area contributed by atoms with E-state index in [4.69, 9.17) is 9.57 Å². The second kappa shape index (κ2) is 9.62. The normalized spacial score (nSPS) is 22.4. The molecule has 138 valence electrons. The minimum Gasteiger partial charge on any atom is -0.496 e. The number of ether oxygens (including phenoxy) is 1. The second-order valence-electron chi connectivity index (χ2n) is 7.34. The fraction of sp³-hybridized carbons (Fsp3) is 0.571. The molecular weight excluding hydrogens is 312 g/mol. The van der Waals surface area contributed by atoms with E-state index in [1.807, 2.05) is 18.2 Å². The molecule has 2 atom stereocenters. The topological polar surface area (TPSA) is 34.1 Å². The van der Waals surface area contributed by atoms with Crippen molar-refractivity contribution in [3.63, 3.8) is 0 Å². The van der Waals surface area contributed by atoms with Gasteiger partial charge in [0.2, 0.25) is 0 Å². The highest BCUT2D eigenvalue weighted by atomic mass is 16.6. The molecule has 1 fully saturated rings. The number of oxime groups is 1. The van der Waals surface area contributed by atoms with Gasteiger partial charge in [0.15, 0.2) is 0 Å². The lowest BCUT2D eigenvalue weighted by molar-refractivity contribution is 0.100. The van der Waals surface area contributed by atoms with Gasteiger partial charge in [-0.25, -0.2) is 0 Å². The Bertz CT molecular complexity index is 608. The summed E-state index contributed by atoms with van der Waals surface area (Å²) in [6.07, 6.45) is 5.61. The SMILES string of the molecule is COc1ccccc1/C=C1\CCC[C@@H](C)\C1=N/OC[C@@H](C)CN(C)C. The van der Waals surface area contributed by atoms with Crippen LogP contribution in [0.3, 0.4) is 0 Å². The third kappa shape index (κ3) is 5.89. The summed E-state index contributed by atoms with van der Waals surface area (Å²) >= 11 is 0. The molecule has 4 heteroatoms. The Balaban J connectivity index is 2.14. The van der Waals surface area contributed by atoms with Crippen LogP contribution in [0, 0.1) is 11.8 Å². The van der Waals surface area contributed by atoms with Gasteiger partial charge in [-0.15, -0.1) is 0 Å². The Hall–Kier alpha value is -1.81. The second-order valence-corrected chi connectivity index (χ2v) is 7.34. The Morgan fingerprint density at radius 3 is 2.80 bits per heavy atom. The number of hydrogen-bond acceptors (Lipinski definition) is 4. The lowest BCUT2D eigenvalue weighted by Crippen LogP contribution is -2.23. The van der Waals surface area contributed by atoms with E-state index in [9.17, 15) is 0 Å². The van der Waals surface area contributed by atoms with E-state index in [-0.39, 0.29) is 0 Å². The van der Waals surface area contributed by atoms with Crippen molar-refractivity contribution >= 4 is 11.8 Å². The van der Waals surface area contributed by atoms with Crippen LogP contribution in [0.25, 0.3) is 6.08 Å². The molecule has 0 N–H and O–H groups in total. The molecule has 1 aromatic rings. The highest BCUT2D eigenvalue weighted by Crippen LogP contribution is 2.30. The lowest BCUT2D eigenvalue weighted by atomic mass is 9.84. The number of methoxy groups -OCH3 is 1. The predicted molar refractivity (Wildman–Crippen MR) is 105 cm³/mol. The Morgan fingerprint density at radius 2 is 2.08 bits per heavy atom. The van der Waals surface area contributed by atoms with Crippen LogP contribution in [0.15, 0.2) is 35.0 Å². The monoisotopic (exact) mass is 344 g/mol. The average molecular weight is 344 g/mol. The molecule has 0 bridgehead atoms. The van der Waals surface area contributed by atoms with Crippen LogP contribution in [0.5, 0.6) is 5.75 Å². The largest absolute Gasteiger partial charge is 0.496 e. The molecule has 0 radical (unpaired) electrons. The molecule has 0 spiro atoms. The molecule has 1 saturated carbocycles. The zero-order valence-electron chi connectivity index (χ0n) is 16.3. The van der Waals surface area contributed by atoms with Crippen LogP contribution in [-0.4, -0.2) is 45.0 Å². The predicted octanol–water partition coefficient (Wildman–Crippen LogP) is 4.47. The van der Waals surface area contributed by atoms with Crippen molar-refractivity contribution in [3.8, 4) is 5.75 Å². The summed E-state index contributed by atoms with van der Waals surface area (Å²) < 4.78 is 5.48. The van der Waals surface area contributed by atoms with Crippen molar-refractivity contribution in [2.75, 3.05) is 34.4 Å². The quantitative estimate of drug-likeness (QED) is 0.685. The minimum absolute atomic E-state index is 0.430. The first-order valence-corrected chi connectivity index (χ1v) is 9.19. The zero-order valence-corrected chi connectivity index (χ0v) is 16.3. The molecule has 0 saturated heterocycles. The van der Waals surface area contributed by atoms with Crippen LogP contribution in [0.2, 0.25) is 0 Å². The first-order chi connectivity index (χ1) is 12.0. The summed E-state index contributed by atoms with van der Waals surface area (Å²) in [5.41, 5.74) is 3.46. The molecular formula is C21H32N2O2. The number of benzene rings is 1. The number of hydrogen-bond donors (Lipinski definition) is 0. The van der Waals surface area contributed by atoms with E-state index >= 15 is 0 Å². The molecule has 0 heterocycles. The van der Waals surface area contributed by atoms with Gasteiger partial charge >= 0.3 is 0 Å². The third-order valence-corrected chi connectivity index (χ3v) is 4.55. The van der Waals surface area contributed by atoms with E-state index in [0.717, 1.165) is 30.0 Å². The van der Waals surface area contributed by atoms with E-state index in [1.54, 1.807) is 7.11 Å². The lowest BCUT2D eigenvalue weighted by Gasteiger charge is -2.23. The van der Waals surface area contributed by atoms with Gasteiger partial charge in [-0.3, -0.25) is 0 Å². The smallest absolute Gasteiger partial charge is 0.126 e. The maximum absolute atomic E-state index is 5.72. The van der Waals surface area contributed by atoms with Gasteiger partial charge in [0.25, 0.3) is 0 Å². The highest BCUT2D eigenvalue weighted by molar-refractivity contribution is 6.05. The van der Waals surface area contributed by atoms with Gasteiger partial charge in [-0.1, -0.05) is 37.2 Å². The Kier molecular flexibility index (Phi) is 7.51. The molecule has 4 nitrogen and oxygen atoms in total. The minimum atomic E-state index is 0.430. The first-order valence-electron chi connectivity index (χ1n) is 9.19. The van der Waals surface area contributed by atoms with Crippen molar-refractivity contribution in [2.45, 2.75) is 33.1 Å². The van der Waals surface area contributed by atoms with Crippen LogP contribution < -0.4 is 4.74 Å². The summed E-state index contributed by atoms with van der Waals surface area (Å²) in [4.78, 5) is 7.90.